The number of rotatable bonds is 0. The zero-order valence-corrected chi connectivity index (χ0v) is 2.39. The summed E-state index contributed by atoms with van der Waals surface area (Å²) in [6.45, 7) is 0. The quantitative estimate of drug-likeness (QED) is 0.143. The van der Waals surface area contributed by atoms with E-state index in [-0.39, 0.29) is 20.3 Å². The van der Waals surface area contributed by atoms with Crippen LogP contribution in [0.2, 0.25) is 0 Å². The molecular formula is H2LiN3. The summed E-state index contributed by atoms with van der Waals surface area (Å²) in [6, 6.07) is 0. The van der Waals surface area contributed by atoms with Gasteiger partial charge in [0.1, 0.15) is 0 Å². The van der Waals surface area contributed by atoms with Crippen LogP contribution in [0.5, 0.6) is 0 Å². The molecular weight excluding hydrogens is 49.0 g/mol. The molecule has 4 heteroatoms. The molecule has 0 amide bonds. The van der Waals surface area contributed by atoms with Gasteiger partial charge in [-0.15, -0.1) is 5.53 Å². The van der Waals surface area contributed by atoms with Crippen LogP contribution < -0.4 is 18.9 Å². The number of nitrogens with zero attached hydrogens (tertiary/aromatic N) is 2. The fraction of sp³-hybridized carbons (Fsp3) is 0. The van der Waals surface area contributed by atoms with E-state index in [4.69, 9.17) is 11.1 Å². The molecule has 0 aliphatic carbocycles. The first-order valence-corrected chi connectivity index (χ1v) is 0.424. The molecule has 0 aliphatic rings. The van der Waals surface area contributed by atoms with E-state index in [0.717, 1.165) is 0 Å². The zero-order valence-electron chi connectivity index (χ0n) is 3.39. The van der Waals surface area contributed by atoms with E-state index >= 15 is 0 Å². The van der Waals surface area contributed by atoms with Crippen molar-refractivity contribution >= 4 is 0 Å². The SMILES string of the molecule is [H-].[Li+].[N-]=[N+]=N. The van der Waals surface area contributed by atoms with E-state index < -0.39 is 0 Å². The first kappa shape index (κ1) is 9.08. The van der Waals surface area contributed by atoms with Crippen molar-refractivity contribution in [3.8, 4) is 0 Å². The molecule has 0 aliphatic heterocycles. The molecule has 0 bridgehead atoms. The van der Waals surface area contributed by atoms with Crippen molar-refractivity contribution in [2.75, 3.05) is 0 Å². The number of hydrogen-bond donors (Lipinski definition) is 1. The fourth-order valence-corrected chi connectivity index (χ4v) is 0. The van der Waals surface area contributed by atoms with Crippen molar-refractivity contribution in [3.05, 3.63) is 10.4 Å². The van der Waals surface area contributed by atoms with Gasteiger partial charge in [-0.2, -0.15) is 0 Å². The Hall–Kier alpha value is -0.0926. The summed E-state index contributed by atoms with van der Waals surface area (Å²) in [5, 5.41) is 0. The second-order valence-corrected chi connectivity index (χ2v) is 0.100. The summed E-state index contributed by atoms with van der Waals surface area (Å²) in [6.07, 6.45) is 0. The Morgan fingerprint density at radius 1 is 2.00 bits per heavy atom. The van der Waals surface area contributed by atoms with Gasteiger partial charge in [0.2, 0.25) is 0 Å². The molecule has 1 N–H and O–H groups in total. The predicted octanol–water partition coefficient (Wildman–Crippen LogP) is -2.01. The number of hydrogen-bond acceptors (Lipinski definition) is 1. The molecule has 0 saturated carbocycles. The maximum absolute atomic E-state index is 6.86. The fourth-order valence-electron chi connectivity index (χ4n) is 0. The van der Waals surface area contributed by atoms with Crippen LogP contribution in [0.15, 0.2) is 0 Å². The smallest absolute Gasteiger partial charge is 1.00 e. The van der Waals surface area contributed by atoms with Gasteiger partial charge in [0.05, 0.1) is 0 Å². The van der Waals surface area contributed by atoms with Crippen molar-refractivity contribution in [2.24, 2.45) is 0 Å². The first-order valence-electron chi connectivity index (χ1n) is 0.424. The monoisotopic (exact) mass is 51.0 g/mol. The minimum atomic E-state index is 0. The van der Waals surface area contributed by atoms with Crippen LogP contribution in [0.4, 0.5) is 0 Å². The van der Waals surface area contributed by atoms with Crippen molar-refractivity contribution in [1.82, 2.24) is 0 Å². The summed E-state index contributed by atoms with van der Waals surface area (Å²) >= 11 is 0. The van der Waals surface area contributed by atoms with Gasteiger partial charge in [0.15, 0.2) is 0 Å². The van der Waals surface area contributed by atoms with Crippen LogP contribution in [0.25, 0.3) is 10.4 Å². The third-order valence-corrected chi connectivity index (χ3v) is 0. The van der Waals surface area contributed by atoms with Gasteiger partial charge in [-0.1, -0.05) is 0 Å². The maximum Gasteiger partial charge on any atom is 1.00 e. The molecule has 0 atom stereocenters. The largest absolute Gasteiger partial charge is 1.00 e. The van der Waals surface area contributed by atoms with E-state index in [1.54, 1.807) is 4.91 Å². The zero-order chi connectivity index (χ0) is 2.71. The number of nitrogens with one attached hydrogen (secondary N) is 1. The van der Waals surface area contributed by atoms with Crippen LogP contribution >= 0.6 is 0 Å². The van der Waals surface area contributed by atoms with Gasteiger partial charge in [-0.05, 0) is 10.4 Å². The Balaban J connectivity index is -0.0000000200. The Morgan fingerprint density at radius 2 is 2.00 bits per heavy atom. The molecule has 3 nitrogen and oxygen atoms in total. The third kappa shape index (κ3) is 183. The Labute approximate surface area is 37.1 Å². The van der Waals surface area contributed by atoms with E-state index in [2.05, 4.69) is 0 Å². The molecule has 0 unspecified atom stereocenters. The van der Waals surface area contributed by atoms with Crippen LogP contribution in [-0.4, -0.2) is 0 Å². The molecule has 0 rings (SSSR count). The third-order valence-electron chi connectivity index (χ3n) is 0. The van der Waals surface area contributed by atoms with Gasteiger partial charge in [0.25, 0.3) is 0 Å². The molecule has 0 saturated heterocycles. The van der Waals surface area contributed by atoms with Crippen LogP contribution in [0, 0.1) is 5.53 Å². The minimum absolute atomic E-state index is 0. The van der Waals surface area contributed by atoms with Crippen molar-refractivity contribution in [2.45, 2.75) is 0 Å². The van der Waals surface area contributed by atoms with Gasteiger partial charge in [-0.25, -0.2) is 0 Å². The summed E-state index contributed by atoms with van der Waals surface area (Å²) in [7, 11) is 0. The Bertz CT molecular complexity index is 27.9. The van der Waals surface area contributed by atoms with Crippen molar-refractivity contribution < 1.29 is 20.3 Å². The molecule has 0 aromatic carbocycles. The normalized spacial score (nSPS) is 2.00. The Morgan fingerprint density at radius 3 is 2.00 bits per heavy atom. The molecule has 0 fully saturated rings. The van der Waals surface area contributed by atoms with Crippen LogP contribution in [0.1, 0.15) is 1.43 Å². The van der Waals surface area contributed by atoms with Gasteiger partial charge >= 0.3 is 18.9 Å². The molecule has 0 aromatic rings. The predicted molar refractivity (Wildman–Crippen MR) is 10.5 cm³/mol. The van der Waals surface area contributed by atoms with Crippen molar-refractivity contribution in [1.29, 1.82) is 5.53 Å². The molecule has 0 aromatic heterocycles. The van der Waals surface area contributed by atoms with Crippen LogP contribution in [0.3, 0.4) is 0 Å². The average molecular weight is 51.0 g/mol. The minimum Gasteiger partial charge on any atom is -1.00 e. The maximum atomic E-state index is 6.86. The standard InChI is InChI=1S/Li.HN3.H/c;1-3-2;/h;1H;/q+1;;-1. The molecule has 0 radical (unpaired) electrons. The molecule has 4 heavy (non-hydrogen) atoms. The first-order chi connectivity index (χ1) is 1.41. The van der Waals surface area contributed by atoms with E-state index in [1.807, 2.05) is 0 Å². The van der Waals surface area contributed by atoms with E-state index in [0.29, 0.717) is 0 Å². The summed E-state index contributed by atoms with van der Waals surface area (Å²) in [5.41, 5.74) is 12.2. The van der Waals surface area contributed by atoms with E-state index in [9.17, 15) is 0 Å². The van der Waals surface area contributed by atoms with Crippen molar-refractivity contribution in [3.63, 3.8) is 0 Å². The van der Waals surface area contributed by atoms with E-state index in [1.165, 1.54) is 0 Å². The van der Waals surface area contributed by atoms with Gasteiger partial charge < -0.3 is 1.43 Å². The summed E-state index contributed by atoms with van der Waals surface area (Å²) in [5.74, 6) is 0. The Kier molecular flexibility index (Phi) is 29.2. The van der Waals surface area contributed by atoms with Gasteiger partial charge in [0, 0.05) is 0 Å². The van der Waals surface area contributed by atoms with Crippen LogP contribution in [-0.2, 0) is 0 Å². The average Bonchev–Trinajstić information content (AvgIpc) is 0.918. The topological polar surface area (TPSA) is 60.3 Å². The molecule has 0 heterocycles. The molecule has 18 valence electrons. The second kappa shape index (κ2) is 12.8. The molecule has 0 spiro atoms. The summed E-state index contributed by atoms with van der Waals surface area (Å²) < 4.78 is 0. The van der Waals surface area contributed by atoms with Gasteiger partial charge in [-0.3, -0.25) is 0 Å². The summed E-state index contributed by atoms with van der Waals surface area (Å²) in [4.78, 5) is 1.75. The second-order valence-electron chi connectivity index (χ2n) is 0.100.